The molecule has 2 unspecified atom stereocenters. The summed E-state index contributed by atoms with van der Waals surface area (Å²) in [6, 6.07) is 5.53. The van der Waals surface area contributed by atoms with Crippen LogP contribution in [0.4, 0.5) is 17.3 Å². The Morgan fingerprint density at radius 2 is 2.09 bits per heavy atom. The summed E-state index contributed by atoms with van der Waals surface area (Å²) >= 11 is 0. The highest BCUT2D eigenvalue weighted by molar-refractivity contribution is 6.00. The Morgan fingerprint density at radius 1 is 1.26 bits per heavy atom. The lowest BCUT2D eigenvalue weighted by Crippen LogP contribution is -2.51. The van der Waals surface area contributed by atoms with Crippen molar-refractivity contribution in [1.29, 1.82) is 0 Å². The molecule has 0 bridgehead atoms. The highest BCUT2D eigenvalue weighted by atomic mass is 16.5. The van der Waals surface area contributed by atoms with E-state index in [1.165, 1.54) is 6.20 Å². The van der Waals surface area contributed by atoms with Crippen LogP contribution in [0.25, 0.3) is 5.65 Å². The summed E-state index contributed by atoms with van der Waals surface area (Å²) in [5.41, 5.74) is 1.08. The molecule has 2 saturated carbocycles. The van der Waals surface area contributed by atoms with Crippen molar-refractivity contribution in [2.75, 3.05) is 38.0 Å². The predicted molar refractivity (Wildman–Crippen MR) is 125 cm³/mol. The summed E-state index contributed by atoms with van der Waals surface area (Å²) in [5, 5.41) is 13.6. The summed E-state index contributed by atoms with van der Waals surface area (Å²) in [5.74, 6) is 1.66. The molecule has 2 aliphatic carbocycles. The molecule has 1 saturated heterocycles. The molecule has 11 nitrogen and oxygen atoms in total. The van der Waals surface area contributed by atoms with Crippen molar-refractivity contribution in [2.24, 2.45) is 11.8 Å². The number of hydrogen-bond donors (Lipinski definition) is 3. The third kappa shape index (κ3) is 3.34. The molecule has 3 aromatic heterocycles. The topological polar surface area (TPSA) is 124 Å². The van der Waals surface area contributed by atoms with Crippen LogP contribution in [-0.4, -0.2) is 64.6 Å². The van der Waals surface area contributed by atoms with Crippen molar-refractivity contribution in [3.05, 3.63) is 46.5 Å². The zero-order valence-corrected chi connectivity index (χ0v) is 19.0. The number of aromatic nitrogens is 4. The summed E-state index contributed by atoms with van der Waals surface area (Å²) in [6.45, 7) is 1.42. The van der Waals surface area contributed by atoms with Crippen LogP contribution in [0, 0.1) is 11.8 Å². The van der Waals surface area contributed by atoms with E-state index in [0.29, 0.717) is 53.6 Å². The molecule has 5 atom stereocenters. The van der Waals surface area contributed by atoms with E-state index >= 15 is 0 Å². The Hall–Kier alpha value is -3.44. The van der Waals surface area contributed by atoms with Gasteiger partial charge in [-0.3, -0.25) is 9.59 Å². The molecule has 0 aromatic carbocycles. The number of ether oxygens (including phenoxy) is 2. The molecular formula is C23H27N7O4. The van der Waals surface area contributed by atoms with Crippen molar-refractivity contribution in [1.82, 2.24) is 24.5 Å². The molecule has 178 valence electrons. The molecular weight excluding hydrogens is 438 g/mol. The Bertz CT molecular complexity index is 1310. The zero-order chi connectivity index (χ0) is 23.4. The van der Waals surface area contributed by atoms with Gasteiger partial charge in [0.25, 0.3) is 11.5 Å². The van der Waals surface area contributed by atoms with Crippen molar-refractivity contribution in [2.45, 2.75) is 31.0 Å². The minimum atomic E-state index is -0.252. The van der Waals surface area contributed by atoms with Crippen molar-refractivity contribution < 1.29 is 14.3 Å². The van der Waals surface area contributed by atoms with E-state index in [-0.39, 0.29) is 29.7 Å². The summed E-state index contributed by atoms with van der Waals surface area (Å²) in [4.78, 5) is 30.8. The number of methoxy groups -OCH3 is 1. The number of amides is 1. The highest BCUT2D eigenvalue weighted by Crippen LogP contribution is 2.53. The summed E-state index contributed by atoms with van der Waals surface area (Å²) in [7, 11) is 3.42. The Kier molecular flexibility index (Phi) is 5.03. The average molecular weight is 466 g/mol. The van der Waals surface area contributed by atoms with Crippen LogP contribution in [0.2, 0.25) is 0 Å². The maximum absolute atomic E-state index is 13.2. The SMILES string of the molecule is CNc1cc(Nc2cccn(C3[C@H]4COC[C@@H]34)c2=O)nc2c(C(=O)NC3CC[C@@H]3OC)cnn12. The predicted octanol–water partition coefficient (Wildman–Crippen LogP) is 1.40. The molecule has 0 radical (unpaired) electrons. The smallest absolute Gasteiger partial charge is 0.274 e. The number of carbonyl (C=O) groups excluding carboxylic acids is 1. The Labute approximate surface area is 195 Å². The summed E-state index contributed by atoms with van der Waals surface area (Å²) in [6.07, 6.45) is 5.17. The zero-order valence-electron chi connectivity index (χ0n) is 19.0. The van der Waals surface area contributed by atoms with Gasteiger partial charge in [-0.05, 0) is 25.0 Å². The standard InChI is InChI=1S/C23H27N7O4/c1-24-19-8-18(26-16-4-3-7-29(23(16)32)20-13-10-34-11-14(13)20)28-21-12(9-25-30(19)21)22(31)27-15-5-6-17(15)33-2/h3-4,7-9,13-15,17,20,24H,5-6,10-11H2,1-2H3,(H,26,28)(H,27,31)/t13-,14+,15?,17-,20?/m0/s1. The molecule has 1 amide bonds. The quantitative estimate of drug-likeness (QED) is 0.478. The molecule has 6 rings (SSSR count). The van der Waals surface area contributed by atoms with Crippen LogP contribution >= 0.6 is 0 Å². The average Bonchev–Trinajstić information content (AvgIpc) is 3.15. The molecule has 3 N–H and O–H groups in total. The second-order valence-electron chi connectivity index (χ2n) is 9.12. The first kappa shape index (κ1) is 21.1. The van der Waals surface area contributed by atoms with E-state index in [1.807, 2.05) is 12.3 Å². The van der Waals surface area contributed by atoms with Gasteiger partial charge in [-0.1, -0.05) is 0 Å². The maximum atomic E-state index is 13.2. The van der Waals surface area contributed by atoms with Crippen LogP contribution < -0.4 is 21.5 Å². The monoisotopic (exact) mass is 465 g/mol. The van der Waals surface area contributed by atoms with Crippen LogP contribution in [0.15, 0.2) is 35.4 Å². The first-order chi connectivity index (χ1) is 16.6. The number of nitrogens with one attached hydrogen (secondary N) is 3. The van der Waals surface area contributed by atoms with E-state index in [2.05, 4.69) is 26.0 Å². The van der Waals surface area contributed by atoms with Gasteiger partial charge in [0.1, 0.15) is 22.9 Å². The molecule has 1 aliphatic heterocycles. The van der Waals surface area contributed by atoms with E-state index in [4.69, 9.17) is 9.47 Å². The Morgan fingerprint density at radius 3 is 2.79 bits per heavy atom. The van der Waals surface area contributed by atoms with E-state index in [1.54, 1.807) is 35.4 Å². The highest BCUT2D eigenvalue weighted by Gasteiger charge is 2.55. The molecule has 0 spiro atoms. The van der Waals surface area contributed by atoms with Gasteiger partial charge < -0.3 is 30.0 Å². The van der Waals surface area contributed by atoms with Gasteiger partial charge in [0.15, 0.2) is 5.65 Å². The molecule has 3 fully saturated rings. The lowest BCUT2D eigenvalue weighted by Gasteiger charge is -2.35. The van der Waals surface area contributed by atoms with E-state index < -0.39 is 0 Å². The number of carbonyl (C=O) groups is 1. The number of anilines is 3. The second-order valence-corrected chi connectivity index (χ2v) is 9.12. The van der Waals surface area contributed by atoms with Crippen LogP contribution in [0.5, 0.6) is 0 Å². The maximum Gasteiger partial charge on any atom is 0.274 e. The summed E-state index contributed by atoms with van der Waals surface area (Å²) < 4.78 is 14.2. The minimum Gasteiger partial charge on any atom is -0.381 e. The van der Waals surface area contributed by atoms with Gasteiger partial charge in [0.2, 0.25) is 0 Å². The fraction of sp³-hybridized carbons (Fsp3) is 0.478. The van der Waals surface area contributed by atoms with Crippen molar-refractivity contribution in [3.8, 4) is 0 Å². The first-order valence-electron chi connectivity index (χ1n) is 11.5. The molecule has 4 heterocycles. The lowest BCUT2D eigenvalue weighted by molar-refractivity contribution is 0.00732. The van der Waals surface area contributed by atoms with Crippen molar-refractivity contribution >= 4 is 28.9 Å². The molecule has 3 aliphatic rings. The van der Waals surface area contributed by atoms with Crippen molar-refractivity contribution in [3.63, 3.8) is 0 Å². The third-order valence-electron chi connectivity index (χ3n) is 7.27. The van der Waals surface area contributed by atoms with Gasteiger partial charge in [-0.15, -0.1) is 0 Å². The second kappa shape index (κ2) is 8.10. The van der Waals surface area contributed by atoms with Gasteiger partial charge in [0.05, 0.1) is 31.6 Å². The third-order valence-corrected chi connectivity index (χ3v) is 7.27. The lowest BCUT2D eigenvalue weighted by atomic mass is 9.89. The number of hydrogen-bond acceptors (Lipinski definition) is 8. The molecule has 11 heteroatoms. The van der Waals surface area contributed by atoms with Gasteiger partial charge in [-0.2, -0.15) is 9.61 Å². The number of nitrogens with zero attached hydrogens (tertiary/aromatic N) is 4. The number of rotatable bonds is 7. The molecule has 3 aromatic rings. The van der Waals surface area contributed by atoms with E-state index in [0.717, 1.165) is 12.8 Å². The van der Waals surface area contributed by atoms with Gasteiger partial charge in [-0.25, -0.2) is 4.98 Å². The van der Waals surface area contributed by atoms with Crippen LogP contribution in [0.1, 0.15) is 29.2 Å². The first-order valence-corrected chi connectivity index (χ1v) is 11.5. The Balaban J connectivity index is 1.30. The number of fused-ring (bicyclic) bond motifs is 2. The fourth-order valence-corrected chi connectivity index (χ4v) is 5.13. The van der Waals surface area contributed by atoms with Gasteiger partial charge in [0, 0.05) is 44.3 Å². The largest absolute Gasteiger partial charge is 0.381 e. The van der Waals surface area contributed by atoms with Gasteiger partial charge >= 0.3 is 0 Å². The van der Waals surface area contributed by atoms with Crippen LogP contribution in [0.3, 0.4) is 0 Å². The molecule has 34 heavy (non-hydrogen) atoms. The minimum absolute atomic E-state index is 0.0207. The van der Waals surface area contributed by atoms with Crippen LogP contribution in [-0.2, 0) is 9.47 Å². The normalized spacial score (nSPS) is 27.2. The number of pyridine rings is 1. The fourth-order valence-electron chi connectivity index (χ4n) is 5.13. The van der Waals surface area contributed by atoms with E-state index in [9.17, 15) is 9.59 Å².